The zero-order chi connectivity index (χ0) is 12.8. The Balaban J connectivity index is 2.89. The third kappa shape index (κ3) is 4.14. The van der Waals surface area contributed by atoms with Gasteiger partial charge in [-0.3, -0.25) is 4.99 Å². The summed E-state index contributed by atoms with van der Waals surface area (Å²) < 4.78 is 12.8. The highest BCUT2D eigenvalue weighted by atomic mass is 19.1. The summed E-state index contributed by atoms with van der Waals surface area (Å²) in [6, 6.07) is 6.61. The summed E-state index contributed by atoms with van der Waals surface area (Å²) in [5.74, 6) is -0.216. The predicted molar refractivity (Wildman–Crippen MR) is 72.1 cm³/mol. The number of hydrogen-bond acceptors (Lipinski definition) is 1. The molecule has 2 heteroatoms. The molecule has 0 saturated carbocycles. The van der Waals surface area contributed by atoms with Crippen LogP contribution in [0.5, 0.6) is 0 Å². The van der Waals surface area contributed by atoms with Crippen LogP contribution in [-0.4, -0.2) is 11.8 Å². The Hall–Kier alpha value is -1.44. The summed E-state index contributed by atoms with van der Waals surface area (Å²) in [5.41, 5.74) is 2.98. The van der Waals surface area contributed by atoms with Crippen LogP contribution in [0.2, 0.25) is 0 Å². The van der Waals surface area contributed by atoms with Gasteiger partial charge in [-0.2, -0.15) is 0 Å². The fourth-order valence-corrected chi connectivity index (χ4v) is 1.69. The molecule has 1 atom stereocenters. The first-order valence-corrected chi connectivity index (χ1v) is 6.00. The van der Waals surface area contributed by atoms with Crippen LogP contribution in [-0.2, 0) is 0 Å². The lowest BCUT2D eigenvalue weighted by molar-refractivity contribution is 0.627. The molecule has 92 valence electrons. The summed E-state index contributed by atoms with van der Waals surface area (Å²) in [5, 5.41) is 0. The Kier molecular flexibility index (Phi) is 5.08. The van der Waals surface area contributed by atoms with E-state index in [-0.39, 0.29) is 11.9 Å². The molecule has 17 heavy (non-hydrogen) atoms. The Morgan fingerprint density at radius 2 is 1.88 bits per heavy atom. The lowest BCUT2D eigenvalue weighted by atomic mass is 10.0. The lowest BCUT2D eigenvalue weighted by Crippen LogP contribution is -2.09. The molecule has 1 unspecified atom stereocenters. The number of benzene rings is 1. The molecule has 1 aromatic carbocycles. The fourth-order valence-electron chi connectivity index (χ4n) is 1.69. The average molecular weight is 233 g/mol. The van der Waals surface area contributed by atoms with Gasteiger partial charge in [0.25, 0.3) is 0 Å². The third-order valence-corrected chi connectivity index (χ3v) is 2.74. The maximum Gasteiger partial charge on any atom is 0.123 e. The second-order valence-electron chi connectivity index (χ2n) is 4.37. The first kappa shape index (κ1) is 13.6. The van der Waals surface area contributed by atoms with E-state index in [4.69, 9.17) is 0 Å². The van der Waals surface area contributed by atoms with E-state index >= 15 is 0 Å². The van der Waals surface area contributed by atoms with Crippen molar-refractivity contribution in [3.8, 4) is 0 Å². The molecule has 0 saturated heterocycles. The van der Waals surface area contributed by atoms with E-state index in [0.29, 0.717) is 0 Å². The molecular weight excluding hydrogens is 213 g/mol. The zero-order valence-electron chi connectivity index (χ0n) is 10.8. The van der Waals surface area contributed by atoms with E-state index < -0.39 is 0 Å². The van der Waals surface area contributed by atoms with Crippen molar-refractivity contribution in [3.05, 3.63) is 47.8 Å². The maximum atomic E-state index is 12.8. The van der Waals surface area contributed by atoms with E-state index in [0.717, 1.165) is 29.7 Å². The van der Waals surface area contributed by atoms with E-state index in [1.807, 2.05) is 13.8 Å². The number of hydrogen-bond donors (Lipinski definition) is 0. The van der Waals surface area contributed by atoms with Gasteiger partial charge in [0, 0.05) is 5.71 Å². The van der Waals surface area contributed by atoms with Gasteiger partial charge >= 0.3 is 0 Å². The van der Waals surface area contributed by atoms with Crippen LogP contribution in [0, 0.1) is 5.82 Å². The second-order valence-corrected chi connectivity index (χ2v) is 4.37. The summed E-state index contributed by atoms with van der Waals surface area (Å²) >= 11 is 0. The average Bonchev–Trinajstić information content (AvgIpc) is 2.29. The van der Waals surface area contributed by atoms with E-state index in [1.54, 1.807) is 12.1 Å². The van der Waals surface area contributed by atoms with Crippen molar-refractivity contribution in [3.63, 3.8) is 0 Å². The molecule has 0 N–H and O–H groups in total. The minimum absolute atomic E-state index is 0.171. The van der Waals surface area contributed by atoms with Gasteiger partial charge in [-0.25, -0.2) is 4.39 Å². The van der Waals surface area contributed by atoms with Gasteiger partial charge in [0.05, 0.1) is 6.04 Å². The van der Waals surface area contributed by atoms with E-state index in [1.165, 1.54) is 12.1 Å². The van der Waals surface area contributed by atoms with Crippen molar-refractivity contribution in [2.75, 3.05) is 0 Å². The monoisotopic (exact) mass is 233 g/mol. The summed E-state index contributed by atoms with van der Waals surface area (Å²) in [6.07, 6.45) is 2.09. The third-order valence-electron chi connectivity index (χ3n) is 2.74. The molecule has 0 aliphatic rings. The molecule has 0 amide bonds. The largest absolute Gasteiger partial charge is 0.282 e. The Morgan fingerprint density at radius 3 is 2.35 bits per heavy atom. The van der Waals surface area contributed by atoms with Crippen molar-refractivity contribution in [1.29, 1.82) is 0 Å². The van der Waals surface area contributed by atoms with Crippen molar-refractivity contribution in [2.45, 2.75) is 39.7 Å². The zero-order valence-corrected chi connectivity index (χ0v) is 10.8. The summed E-state index contributed by atoms with van der Waals surface area (Å²) in [4.78, 5) is 4.66. The Labute approximate surface area is 103 Å². The van der Waals surface area contributed by atoms with Crippen LogP contribution in [0.3, 0.4) is 0 Å². The van der Waals surface area contributed by atoms with Crippen LogP contribution in [0.1, 0.15) is 39.2 Å². The number of aliphatic imine (C=N–C) groups is 1. The standard InChI is InChI=1S/C15H20FN/c1-5-6-15(11(2)3)17-12(4)13-7-9-14(16)10-8-13/h7-10,15H,2,5-6H2,1,3-4H3. The maximum absolute atomic E-state index is 12.8. The van der Waals surface area contributed by atoms with Crippen LogP contribution >= 0.6 is 0 Å². The Bertz CT molecular complexity index is 403. The number of rotatable bonds is 5. The quantitative estimate of drug-likeness (QED) is 0.528. The minimum Gasteiger partial charge on any atom is -0.282 e. The number of halogens is 1. The van der Waals surface area contributed by atoms with Crippen molar-refractivity contribution in [1.82, 2.24) is 0 Å². The highest BCUT2D eigenvalue weighted by Crippen LogP contribution is 2.13. The Morgan fingerprint density at radius 1 is 1.29 bits per heavy atom. The molecule has 0 bridgehead atoms. The predicted octanol–water partition coefficient (Wildman–Crippen LogP) is 4.38. The SMILES string of the molecule is C=C(C)C(CCC)N=C(C)c1ccc(F)cc1. The van der Waals surface area contributed by atoms with Gasteiger partial charge in [-0.1, -0.05) is 37.6 Å². The lowest BCUT2D eigenvalue weighted by Gasteiger charge is -2.13. The smallest absolute Gasteiger partial charge is 0.123 e. The first-order chi connectivity index (χ1) is 8.04. The van der Waals surface area contributed by atoms with E-state index in [9.17, 15) is 4.39 Å². The summed E-state index contributed by atoms with van der Waals surface area (Å²) in [7, 11) is 0. The van der Waals surface area contributed by atoms with Gasteiger partial charge < -0.3 is 0 Å². The van der Waals surface area contributed by atoms with Crippen LogP contribution in [0.15, 0.2) is 41.4 Å². The molecular formula is C15H20FN. The number of nitrogens with zero attached hydrogens (tertiary/aromatic N) is 1. The van der Waals surface area contributed by atoms with Crippen molar-refractivity contribution >= 4 is 5.71 Å². The van der Waals surface area contributed by atoms with Crippen LogP contribution in [0.25, 0.3) is 0 Å². The van der Waals surface area contributed by atoms with Crippen LogP contribution < -0.4 is 0 Å². The van der Waals surface area contributed by atoms with Crippen molar-refractivity contribution in [2.24, 2.45) is 4.99 Å². The molecule has 1 rings (SSSR count). The fraction of sp³-hybridized carbons (Fsp3) is 0.400. The topological polar surface area (TPSA) is 12.4 Å². The normalized spacial score (nSPS) is 13.5. The second kappa shape index (κ2) is 6.33. The van der Waals surface area contributed by atoms with Gasteiger partial charge in [0.15, 0.2) is 0 Å². The molecule has 0 aliphatic heterocycles. The first-order valence-electron chi connectivity index (χ1n) is 6.00. The van der Waals surface area contributed by atoms with Gasteiger partial charge in [0.1, 0.15) is 5.82 Å². The molecule has 0 aromatic heterocycles. The molecule has 0 spiro atoms. The molecule has 1 aromatic rings. The van der Waals surface area contributed by atoms with Gasteiger partial charge in [-0.05, 0) is 38.0 Å². The van der Waals surface area contributed by atoms with E-state index in [2.05, 4.69) is 18.5 Å². The van der Waals surface area contributed by atoms with Crippen molar-refractivity contribution < 1.29 is 4.39 Å². The molecule has 1 nitrogen and oxygen atoms in total. The van der Waals surface area contributed by atoms with Gasteiger partial charge in [-0.15, -0.1) is 0 Å². The molecule has 0 aliphatic carbocycles. The summed E-state index contributed by atoms with van der Waals surface area (Å²) in [6.45, 7) is 10.1. The van der Waals surface area contributed by atoms with Gasteiger partial charge in [0.2, 0.25) is 0 Å². The molecule has 0 heterocycles. The molecule has 0 radical (unpaired) electrons. The highest BCUT2D eigenvalue weighted by Gasteiger charge is 2.07. The molecule has 0 fully saturated rings. The minimum atomic E-state index is -0.216. The van der Waals surface area contributed by atoms with Crippen LogP contribution in [0.4, 0.5) is 4.39 Å². The highest BCUT2D eigenvalue weighted by molar-refractivity contribution is 5.98.